The van der Waals surface area contributed by atoms with Gasteiger partial charge in [-0.05, 0) is 26.1 Å². The van der Waals surface area contributed by atoms with E-state index in [-0.39, 0.29) is 11.2 Å². The van der Waals surface area contributed by atoms with Gasteiger partial charge in [0.2, 0.25) is 5.91 Å². The van der Waals surface area contributed by atoms with E-state index in [0.29, 0.717) is 11.6 Å². The Morgan fingerprint density at radius 1 is 1.50 bits per heavy atom. The number of halogens is 1. The van der Waals surface area contributed by atoms with Crippen LogP contribution in [-0.2, 0) is 4.79 Å². The fourth-order valence-electron chi connectivity index (χ4n) is 1.48. The molecule has 0 heterocycles. The van der Waals surface area contributed by atoms with Crippen molar-refractivity contribution in [1.29, 1.82) is 0 Å². The molecular formula is C13H19ClN2OS. The largest absolute Gasteiger partial charge is 0.344 e. The summed E-state index contributed by atoms with van der Waals surface area (Å²) in [6.07, 6.45) is 0. The zero-order chi connectivity index (χ0) is 13.5. The minimum absolute atomic E-state index is 0.121. The van der Waals surface area contributed by atoms with Crippen LogP contribution in [0.4, 0.5) is 0 Å². The molecule has 100 valence electrons. The van der Waals surface area contributed by atoms with Crippen LogP contribution in [0, 0.1) is 0 Å². The van der Waals surface area contributed by atoms with Crippen LogP contribution in [0.3, 0.4) is 0 Å². The van der Waals surface area contributed by atoms with Gasteiger partial charge >= 0.3 is 0 Å². The van der Waals surface area contributed by atoms with Gasteiger partial charge in [0.25, 0.3) is 0 Å². The highest BCUT2D eigenvalue weighted by Gasteiger charge is 2.19. The van der Waals surface area contributed by atoms with Crippen LogP contribution >= 0.6 is 23.4 Å². The van der Waals surface area contributed by atoms with Crippen molar-refractivity contribution in [2.75, 3.05) is 27.2 Å². The van der Waals surface area contributed by atoms with Crippen molar-refractivity contribution < 1.29 is 4.79 Å². The molecule has 0 saturated heterocycles. The average molecular weight is 287 g/mol. The molecule has 1 atom stereocenters. The number of hydrogen-bond donors (Lipinski definition) is 1. The molecule has 0 saturated carbocycles. The number of likely N-dealkylation sites (N-methyl/N-ethyl adjacent to an activating group) is 2. The quantitative estimate of drug-likeness (QED) is 0.816. The third-order valence-corrected chi connectivity index (χ3v) is 4.17. The first-order valence-corrected chi connectivity index (χ1v) is 7.12. The van der Waals surface area contributed by atoms with Crippen LogP contribution in [-0.4, -0.2) is 43.2 Å². The van der Waals surface area contributed by atoms with Gasteiger partial charge in [0.1, 0.15) is 0 Å². The average Bonchev–Trinajstić information content (AvgIpc) is 2.37. The molecular weight excluding hydrogens is 268 g/mol. The molecule has 1 aromatic carbocycles. The van der Waals surface area contributed by atoms with Crippen molar-refractivity contribution in [1.82, 2.24) is 10.2 Å². The van der Waals surface area contributed by atoms with Gasteiger partial charge in [0.05, 0.1) is 10.3 Å². The van der Waals surface area contributed by atoms with Gasteiger partial charge in [-0.3, -0.25) is 4.79 Å². The molecule has 0 aliphatic rings. The predicted octanol–water partition coefficient (Wildman–Crippen LogP) is 2.50. The molecule has 18 heavy (non-hydrogen) atoms. The highest BCUT2D eigenvalue weighted by molar-refractivity contribution is 8.00. The molecule has 0 bridgehead atoms. The van der Waals surface area contributed by atoms with Crippen LogP contribution in [0.1, 0.15) is 6.92 Å². The number of amides is 1. The topological polar surface area (TPSA) is 32.3 Å². The Bertz CT molecular complexity index is 400. The maximum atomic E-state index is 12.1. The van der Waals surface area contributed by atoms with E-state index in [9.17, 15) is 4.79 Å². The number of carbonyl (C=O) groups excluding carboxylic acids is 1. The smallest absolute Gasteiger partial charge is 0.235 e. The van der Waals surface area contributed by atoms with Crippen LogP contribution in [0.5, 0.6) is 0 Å². The van der Waals surface area contributed by atoms with Gasteiger partial charge in [0, 0.05) is 25.0 Å². The van der Waals surface area contributed by atoms with Crippen molar-refractivity contribution >= 4 is 29.3 Å². The molecule has 0 fully saturated rings. The number of carbonyl (C=O) groups is 1. The van der Waals surface area contributed by atoms with Crippen LogP contribution in [0.25, 0.3) is 0 Å². The molecule has 0 aliphatic heterocycles. The standard InChI is InChI=1S/C13H19ClN2OS/c1-10(13(17)16(3)9-8-15-2)18-12-7-5-4-6-11(12)14/h4-7,10,15H,8-9H2,1-3H3. The van der Waals surface area contributed by atoms with Crippen molar-refractivity contribution in [2.45, 2.75) is 17.1 Å². The fraction of sp³-hybridized carbons (Fsp3) is 0.462. The van der Waals surface area contributed by atoms with Crippen molar-refractivity contribution in [3.63, 3.8) is 0 Å². The SMILES string of the molecule is CNCCN(C)C(=O)C(C)Sc1ccccc1Cl. The number of hydrogen-bond acceptors (Lipinski definition) is 3. The first-order valence-electron chi connectivity index (χ1n) is 5.87. The summed E-state index contributed by atoms with van der Waals surface area (Å²) in [5.41, 5.74) is 0. The summed E-state index contributed by atoms with van der Waals surface area (Å²) in [5, 5.41) is 3.59. The van der Waals surface area contributed by atoms with Crippen LogP contribution < -0.4 is 5.32 Å². The van der Waals surface area contributed by atoms with Crippen LogP contribution in [0.2, 0.25) is 5.02 Å². The van der Waals surface area contributed by atoms with Crippen molar-refractivity contribution in [3.05, 3.63) is 29.3 Å². The second-order valence-electron chi connectivity index (χ2n) is 4.05. The summed E-state index contributed by atoms with van der Waals surface area (Å²) in [7, 11) is 3.70. The van der Waals surface area contributed by atoms with Gasteiger partial charge in [-0.2, -0.15) is 0 Å². The number of benzene rings is 1. The summed E-state index contributed by atoms with van der Waals surface area (Å²) < 4.78 is 0. The highest BCUT2D eigenvalue weighted by Crippen LogP contribution is 2.30. The maximum Gasteiger partial charge on any atom is 0.235 e. The fourth-order valence-corrected chi connectivity index (χ4v) is 2.75. The molecule has 1 amide bonds. The van der Waals surface area contributed by atoms with E-state index in [1.165, 1.54) is 11.8 Å². The minimum atomic E-state index is -0.133. The van der Waals surface area contributed by atoms with Gasteiger partial charge in [-0.25, -0.2) is 0 Å². The Balaban J connectivity index is 2.57. The third-order valence-electron chi connectivity index (χ3n) is 2.56. The number of rotatable bonds is 6. The summed E-state index contributed by atoms with van der Waals surface area (Å²) >= 11 is 7.58. The normalized spacial score (nSPS) is 12.2. The molecule has 0 radical (unpaired) electrons. The van der Waals surface area contributed by atoms with E-state index in [0.717, 1.165) is 11.4 Å². The molecule has 1 N–H and O–H groups in total. The molecule has 1 aromatic rings. The Morgan fingerprint density at radius 2 is 2.17 bits per heavy atom. The van der Waals surface area contributed by atoms with E-state index in [1.807, 2.05) is 45.3 Å². The Kier molecular flexibility index (Phi) is 6.54. The Labute approximate surface area is 118 Å². The number of nitrogens with one attached hydrogen (secondary N) is 1. The van der Waals surface area contributed by atoms with E-state index in [4.69, 9.17) is 11.6 Å². The second kappa shape index (κ2) is 7.67. The monoisotopic (exact) mass is 286 g/mol. The zero-order valence-corrected chi connectivity index (χ0v) is 12.5. The van der Waals surface area contributed by atoms with E-state index >= 15 is 0 Å². The van der Waals surface area contributed by atoms with Crippen molar-refractivity contribution in [3.8, 4) is 0 Å². The molecule has 0 aliphatic carbocycles. The lowest BCUT2D eigenvalue weighted by Gasteiger charge is -2.21. The van der Waals surface area contributed by atoms with Gasteiger partial charge in [-0.15, -0.1) is 11.8 Å². The molecule has 3 nitrogen and oxygen atoms in total. The number of nitrogens with zero attached hydrogens (tertiary/aromatic N) is 1. The van der Waals surface area contributed by atoms with Gasteiger partial charge < -0.3 is 10.2 Å². The van der Waals surface area contributed by atoms with E-state index in [1.54, 1.807) is 4.90 Å². The summed E-state index contributed by atoms with van der Waals surface area (Å²) in [6.45, 7) is 3.42. The Hall–Kier alpha value is -0.710. The summed E-state index contributed by atoms with van der Waals surface area (Å²) in [4.78, 5) is 14.8. The molecule has 1 rings (SSSR count). The predicted molar refractivity (Wildman–Crippen MR) is 78.3 cm³/mol. The highest BCUT2D eigenvalue weighted by atomic mass is 35.5. The molecule has 0 aromatic heterocycles. The Morgan fingerprint density at radius 3 is 2.78 bits per heavy atom. The van der Waals surface area contributed by atoms with Gasteiger partial charge in [0.15, 0.2) is 0 Å². The lowest BCUT2D eigenvalue weighted by Crippen LogP contribution is -2.37. The first-order chi connectivity index (χ1) is 8.56. The van der Waals surface area contributed by atoms with Gasteiger partial charge in [-0.1, -0.05) is 23.7 Å². The second-order valence-corrected chi connectivity index (χ2v) is 5.84. The first kappa shape index (κ1) is 15.3. The van der Waals surface area contributed by atoms with E-state index < -0.39 is 0 Å². The molecule has 5 heteroatoms. The van der Waals surface area contributed by atoms with Crippen molar-refractivity contribution in [2.24, 2.45) is 0 Å². The maximum absolute atomic E-state index is 12.1. The van der Waals surface area contributed by atoms with E-state index in [2.05, 4.69) is 5.32 Å². The van der Waals surface area contributed by atoms with Crippen LogP contribution in [0.15, 0.2) is 29.2 Å². The number of thioether (sulfide) groups is 1. The molecule has 0 spiro atoms. The summed E-state index contributed by atoms with van der Waals surface area (Å²) in [6, 6.07) is 7.59. The molecule has 1 unspecified atom stereocenters. The lowest BCUT2D eigenvalue weighted by molar-refractivity contribution is -0.128. The minimum Gasteiger partial charge on any atom is -0.344 e. The summed E-state index contributed by atoms with van der Waals surface area (Å²) in [5.74, 6) is 0.121. The third kappa shape index (κ3) is 4.52. The zero-order valence-electron chi connectivity index (χ0n) is 10.9. The lowest BCUT2D eigenvalue weighted by atomic mass is 10.4.